The highest BCUT2D eigenvalue weighted by Crippen LogP contribution is 2.48. The molecule has 0 unspecified atom stereocenters. The fraction of sp³-hybridized carbons (Fsp3) is 0.280. The third-order valence-corrected chi connectivity index (χ3v) is 5.56. The minimum atomic E-state index is -0.582. The van der Waals surface area contributed by atoms with Gasteiger partial charge in [0.1, 0.15) is 28.7 Å². The average Bonchev–Trinajstić information content (AvgIpc) is 2.82. The van der Waals surface area contributed by atoms with Gasteiger partial charge < -0.3 is 23.7 Å². The van der Waals surface area contributed by atoms with Crippen molar-refractivity contribution >= 4 is 0 Å². The molecule has 5 nitrogen and oxygen atoms in total. The normalized spacial score (nSPS) is 11.0. The van der Waals surface area contributed by atoms with Crippen LogP contribution >= 0.6 is 0 Å². The van der Waals surface area contributed by atoms with E-state index in [4.69, 9.17) is 23.7 Å². The number of hydrogen-bond donors (Lipinski definition) is 0. The Morgan fingerprint density at radius 3 is 1.27 bits per heavy atom. The number of ether oxygens (including phenoxy) is 5. The Bertz CT molecular complexity index is 939. The molecule has 0 bridgehead atoms. The lowest BCUT2D eigenvalue weighted by Gasteiger charge is -2.34. The van der Waals surface area contributed by atoms with Gasteiger partial charge in [-0.2, -0.15) is 0 Å². The molecule has 0 heterocycles. The van der Waals surface area contributed by atoms with E-state index in [1.807, 2.05) is 48.5 Å². The summed E-state index contributed by atoms with van der Waals surface area (Å²) >= 11 is 0. The van der Waals surface area contributed by atoms with Gasteiger partial charge in [0.25, 0.3) is 0 Å². The lowest BCUT2D eigenvalue weighted by Crippen LogP contribution is -2.27. The van der Waals surface area contributed by atoms with E-state index in [1.165, 1.54) is 0 Å². The highest BCUT2D eigenvalue weighted by atomic mass is 16.5. The third-order valence-electron chi connectivity index (χ3n) is 5.56. The third kappa shape index (κ3) is 3.75. The van der Waals surface area contributed by atoms with Crippen LogP contribution in [-0.4, -0.2) is 35.5 Å². The van der Waals surface area contributed by atoms with E-state index in [0.29, 0.717) is 0 Å². The predicted octanol–water partition coefficient (Wildman–Crippen LogP) is 5.08. The van der Waals surface area contributed by atoms with Gasteiger partial charge in [0.15, 0.2) is 0 Å². The maximum atomic E-state index is 5.77. The van der Waals surface area contributed by atoms with E-state index in [0.717, 1.165) is 45.4 Å². The molecule has 3 aromatic rings. The van der Waals surface area contributed by atoms with Crippen molar-refractivity contribution in [3.63, 3.8) is 0 Å². The maximum Gasteiger partial charge on any atom is 0.126 e. The zero-order valence-corrected chi connectivity index (χ0v) is 18.3. The summed E-state index contributed by atoms with van der Waals surface area (Å²) in [5.74, 6) is 3.71. The van der Waals surface area contributed by atoms with Gasteiger partial charge >= 0.3 is 0 Å². The lowest BCUT2D eigenvalue weighted by molar-refractivity contribution is 0.378. The van der Waals surface area contributed by atoms with Crippen molar-refractivity contribution in [2.75, 3.05) is 35.5 Å². The van der Waals surface area contributed by atoms with E-state index >= 15 is 0 Å². The van der Waals surface area contributed by atoms with Crippen LogP contribution in [-0.2, 0) is 5.41 Å². The first-order valence-electron chi connectivity index (χ1n) is 9.61. The van der Waals surface area contributed by atoms with Crippen LogP contribution < -0.4 is 23.7 Å². The van der Waals surface area contributed by atoms with E-state index in [-0.39, 0.29) is 0 Å². The molecule has 0 radical (unpaired) electrons. The van der Waals surface area contributed by atoms with Gasteiger partial charge in [-0.1, -0.05) is 24.3 Å². The summed E-state index contributed by atoms with van der Waals surface area (Å²) in [4.78, 5) is 0. The summed E-state index contributed by atoms with van der Waals surface area (Å²) in [5, 5.41) is 0. The second-order valence-electron chi connectivity index (χ2n) is 6.99. The van der Waals surface area contributed by atoms with Crippen LogP contribution in [0.25, 0.3) is 0 Å². The van der Waals surface area contributed by atoms with E-state index < -0.39 is 5.41 Å². The van der Waals surface area contributed by atoms with Crippen molar-refractivity contribution in [2.24, 2.45) is 0 Å². The SMILES string of the molecule is COc1ccc(C(C)(c2ccc(OC)cc2OC)c2ccc(OC)cc2OC)cc1. The molecule has 3 rings (SSSR count). The van der Waals surface area contributed by atoms with E-state index in [9.17, 15) is 0 Å². The van der Waals surface area contributed by atoms with Crippen molar-refractivity contribution in [3.8, 4) is 28.7 Å². The molecular weight excluding hydrogens is 380 g/mol. The Morgan fingerprint density at radius 1 is 0.500 bits per heavy atom. The molecular formula is C25H28O5. The Balaban J connectivity index is 2.32. The van der Waals surface area contributed by atoms with Crippen LogP contribution in [0.3, 0.4) is 0 Å². The van der Waals surface area contributed by atoms with Gasteiger partial charge in [-0.3, -0.25) is 0 Å². The summed E-state index contributed by atoms with van der Waals surface area (Å²) in [6.45, 7) is 2.16. The highest BCUT2D eigenvalue weighted by molar-refractivity contribution is 5.60. The minimum absolute atomic E-state index is 0.582. The molecule has 0 spiro atoms. The predicted molar refractivity (Wildman–Crippen MR) is 118 cm³/mol. The molecule has 5 heteroatoms. The maximum absolute atomic E-state index is 5.77. The van der Waals surface area contributed by atoms with E-state index in [1.54, 1.807) is 35.5 Å². The van der Waals surface area contributed by atoms with Crippen molar-refractivity contribution < 1.29 is 23.7 Å². The van der Waals surface area contributed by atoms with E-state index in [2.05, 4.69) is 19.1 Å². The number of methoxy groups -OCH3 is 5. The van der Waals surface area contributed by atoms with Crippen molar-refractivity contribution in [1.82, 2.24) is 0 Å². The fourth-order valence-corrected chi connectivity index (χ4v) is 3.80. The van der Waals surface area contributed by atoms with Crippen molar-refractivity contribution in [2.45, 2.75) is 12.3 Å². The number of rotatable bonds is 8. The molecule has 0 aliphatic rings. The zero-order chi connectivity index (χ0) is 21.7. The smallest absolute Gasteiger partial charge is 0.126 e. The first-order valence-corrected chi connectivity index (χ1v) is 9.61. The molecule has 0 N–H and O–H groups in total. The van der Waals surface area contributed by atoms with Crippen LogP contribution in [0, 0.1) is 0 Å². The Hall–Kier alpha value is -3.34. The van der Waals surface area contributed by atoms with Gasteiger partial charge in [0, 0.05) is 28.7 Å². The van der Waals surface area contributed by atoms with Crippen molar-refractivity contribution in [3.05, 3.63) is 77.4 Å². The van der Waals surface area contributed by atoms with Crippen LogP contribution in [0.5, 0.6) is 28.7 Å². The molecule has 0 saturated heterocycles. The van der Waals surface area contributed by atoms with Crippen molar-refractivity contribution in [1.29, 1.82) is 0 Å². The second-order valence-corrected chi connectivity index (χ2v) is 6.99. The Morgan fingerprint density at radius 2 is 0.900 bits per heavy atom. The van der Waals surface area contributed by atoms with Gasteiger partial charge in [0.2, 0.25) is 0 Å². The molecule has 0 aromatic heterocycles. The van der Waals surface area contributed by atoms with Gasteiger partial charge in [-0.05, 0) is 36.8 Å². The molecule has 0 aliphatic heterocycles. The lowest BCUT2D eigenvalue weighted by atomic mass is 9.70. The standard InChI is InChI=1S/C25H28O5/c1-25(17-7-9-18(26-2)10-8-17,21-13-11-19(27-3)15-23(21)29-5)22-14-12-20(28-4)16-24(22)30-6/h7-16H,1-6H3. The zero-order valence-electron chi connectivity index (χ0n) is 18.3. The minimum Gasteiger partial charge on any atom is -0.497 e. The quantitative estimate of drug-likeness (QED) is 0.486. The van der Waals surface area contributed by atoms with Crippen LogP contribution in [0.15, 0.2) is 60.7 Å². The highest BCUT2D eigenvalue weighted by Gasteiger charge is 2.37. The number of hydrogen-bond acceptors (Lipinski definition) is 5. The summed E-state index contributed by atoms with van der Waals surface area (Å²) < 4.78 is 27.7. The van der Waals surface area contributed by atoms with Crippen LogP contribution in [0.2, 0.25) is 0 Å². The first-order chi connectivity index (χ1) is 14.5. The molecule has 0 fully saturated rings. The summed E-state index contributed by atoms with van der Waals surface area (Å²) in [6, 6.07) is 19.8. The molecule has 30 heavy (non-hydrogen) atoms. The molecule has 158 valence electrons. The monoisotopic (exact) mass is 408 g/mol. The molecule has 0 atom stereocenters. The molecule has 3 aromatic carbocycles. The van der Waals surface area contributed by atoms with Gasteiger partial charge in [-0.25, -0.2) is 0 Å². The van der Waals surface area contributed by atoms with Crippen LogP contribution in [0.1, 0.15) is 23.6 Å². The second kappa shape index (κ2) is 8.99. The first kappa shape index (κ1) is 21.4. The molecule has 0 saturated carbocycles. The number of benzene rings is 3. The average molecular weight is 408 g/mol. The fourth-order valence-electron chi connectivity index (χ4n) is 3.80. The largest absolute Gasteiger partial charge is 0.497 e. The Kier molecular flexibility index (Phi) is 6.40. The topological polar surface area (TPSA) is 46.2 Å². The summed E-state index contributed by atoms with van der Waals surface area (Å²) in [5.41, 5.74) is 2.45. The van der Waals surface area contributed by atoms with Gasteiger partial charge in [0.05, 0.1) is 35.5 Å². The molecule has 0 aliphatic carbocycles. The summed E-state index contributed by atoms with van der Waals surface area (Å²) in [6.07, 6.45) is 0. The summed E-state index contributed by atoms with van der Waals surface area (Å²) in [7, 11) is 8.27. The van der Waals surface area contributed by atoms with Gasteiger partial charge in [-0.15, -0.1) is 0 Å². The molecule has 0 amide bonds. The van der Waals surface area contributed by atoms with Crippen LogP contribution in [0.4, 0.5) is 0 Å². The Labute approximate surface area is 178 Å².